The van der Waals surface area contributed by atoms with Crippen molar-refractivity contribution in [1.82, 2.24) is 5.32 Å². The zero-order valence-corrected chi connectivity index (χ0v) is 9.46. The predicted octanol–water partition coefficient (Wildman–Crippen LogP) is 0.689. The van der Waals surface area contributed by atoms with Crippen molar-refractivity contribution in [1.29, 1.82) is 0 Å². The van der Waals surface area contributed by atoms with Crippen molar-refractivity contribution in [2.45, 2.75) is 45.8 Å². The van der Waals surface area contributed by atoms with Crippen LogP contribution in [0.15, 0.2) is 0 Å². The van der Waals surface area contributed by atoms with Crippen LogP contribution in [0.3, 0.4) is 0 Å². The minimum atomic E-state index is -0.763. The summed E-state index contributed by atoms with van der Waals surface area (Å²) in [6, 6.07) is -0.368. The monoisotopic (exact) mass is 203 g/mol. The molecule has 0 aliphatic heterocycles. The molecule has 0 aromatic rings. The van der Waals surface area contributed by atoms with Gasteiger partial charge in [0.15, 0.2) is 0 Å². The summed E-state index contributed by atoms with van der Waals surface area (Å²) < 4.78 is 4.82. The minimum Gasteiger partial charge on any atom is -0.465 e. The lowest BCUT2D eigenvalue weighted by molar-refractivity contribution is -0.145. The van der Waals surface area contributed by atoms with Gasteiger partial charge < -0.3 is 15.2 Å². The van der Waals surface area contributed by atoms with Crippen LogP contribution < -0.4 is 5.32 Å². The van der Waals surface area contributed by atoms with Crippen LogP contribution in [0.1, 0.15) is 34.1 Å². The van der Waals surface area contributed by atoms with E-state index in [1.165, 1.54) is 0 Å². The van der Waals surface area contributed by atoms with E-state index in [-0.39, 0.29) is 12.0 Å². The van der Waals surface area contributed by atoms with E-state index in [9.17, 15) is 9.90 Å². The third-order valence-corrected chi connectivity index (χ3v) is 2.19. The average molecular weight is 203 g/mol. The first-order valence-electron chi connectivity index (χ1n) is 5.05. The smallest absolute Gasteiger partial charge is 0.322 e. The number of hydrogen-bond donors (Lipinski definition) is 2. The molecule has 2 unspecified atom stereocenters. The van der Waals surface area contributed by atoms with E-state index in [1.807, 2.05) is 6.92 Å². The van der Waals surface area contributed by atoms with Gasteiger partial charge in [0.2, 0.25) is 0 Å². The number of rotatable bonds is 6. The molecule has 0 bridgehead atoms. The molecule has 0 aromatic carbocycles. The summed E-state index contributed by atoms with van der Waals surface area (Å²) in [6.07, 6.45) is 0.648. The summed E-state index contributed by atoms with van der Waals surface area (Å²) in [4.78, 5) is 11.2. The predicted molar refractivity (Wildman–Crippen MR) is 55.0 cm³/mol. The highest BCUT2D eigenvalue weighted by Crippen LogP contribution is 2.06. The van der Waals surface area contributed by atoms with E-state index < -0.39 is 5.60 Å². The first kappa shape index (κ1) is 13.4. The third kappa shape index (κ3) is 5.19. The lowest BCUT2D eigenvalue weighted by atomic mass is 10.0. The Hall–Kier alpha value is -0.610. The molecule has 0 aliphatic rings. The Labute approximate surface area is 85.6 Å². The molecule has 2 atom stereocenters. The maximum atomic E-state index is 11.2. The van der Waals surface area contributed by atoms with Gasteiger partial charge in [-0.1, -0.05) is 6.92 Å². The van der Waals surface area contributed by atoms with Gasteiger partial charge >= 0.3 is 5.97 Å². The fourth-order valence-electron chi connectivity index (χ4n) is 0.849. The Bertz CT molecular complexity index is 180. The molecule has 0 amide bonds. The van der Waals surface area contributed by atoms with E-state index >= 15 is 0 Å². The number of hydrogen-bond acceptors (Lipinski definition) is 4. The highest BCUT2D eigenvalue weighted by Gasteiger charge is 2.20. The summed E-state index contributed by atoms with van der Waals surface area (Å²) in [7, 11) is 0. The molecular formula is C10H21NO3. The Morgan fingerprint density at radius 2 is 2.14 bits per heavy atom. The van der Waals surface area contributed by atoms with Gasteiger partial charge in [0, 0.05) is 6.54 Å². The van der Waals surface area contributed by atoms with E-state index in [1.54, 1.807) is 20.8 Å². The van der Waals surface area contributed by atoms with E-state index in [2.05, 4.69) is 5.32 Å². The van der Waals surface area contributed by atoms with Crippen LogP contribution >= 0.6 is 0 Å². The summed E-state index contributed by atoms with van der Waals surface area (Å²) in [6.45, 7) is 7.91. The minimum absolute atomic E-state index is 0.278. The molecule has 0 rings (SSSR count). The standard InChI is InChI=1S/C10H21NO3/c1-5-10(4,13)7-11-8(3)9(12)14-6-2/h8,11,13H,5-7H2,1-4H3. The van der Waals surface area contributed by atoms with Crippen LogP contribution in [-0.2, 0) is 9.53 Å². The van der Waals surface area contributed by atoms with Crippen molar-refractivity contribution in [3.05, 3.63) is 0 Å². The quantitative estimate of drug-likeness (QED) is 0.624. The van der Waals surface area contributed by atoms with Gasteiger partial charge in [-0.25, -0.2) is 0 Å². The Morgan fingerprint density at radius 1 is 1.57 bits per heavy atom. The van der Waals surface area contributed by atoms with Gasteiger partial charge in [0.05, 0.1) is 12.2 Å². The number of nitrogens with one attached hydrogen (secondary N) is 1. The molecule has 14 heavy (non-hydrogen) atoms. The lowest BCUT2D eigenvalue weighted by Gasteiger charge is -2.23. The third-order valence-electron chi connectivity index (χ3n) is 2.19. The molecule has 2 N–H and O–H groups in total. The van der Waals surface area contributed by atoms with E-state index in [0.29, 0.717) is 19.6 Å². The van der Waals surface area contributed by atoms with Crippen molar-refractivity contribution >= 4 is 5.97 Å². The first-order chi connectivity index (χ1) is 6.43. The van der Waals surface area contributed by atoms with Crippen LogP contribution in [0.4, 0.5) is 0 Å². The van der Waals surface area contributed by atoms with Crippen LogP contribution in [0.5, 0.6) is 0 Å². The lowest BCUT2D eigenvalue weighted by Crippen LogP contribution is -2.44. The molecule has 84 valence electrons. The number of ether oxygens (including phenoxy) is 1. The molecule has 4 nitrogen and oxygen atoms in total. The van der Waals surface area contributed by atoms with Gasteiger partial charge in [0.25, 0.3) is 0 Å². The van der Waals surface area contributed by atoms with Gasteiger partial charge in [-0.05, 0) is 27.2 Å². The average Bonchev–Trinajstić information content (AvgIpc) is 2.15. The molecule has 0 aromatic heterocycles. The second-order valence-electron chi connectivity index (χ2n) is 3.71. The van der Waals surface area contributed by atoms with Crippen LogP contribution in [0.25, 0.3) is 0 Å². The zero-order valence-electron chi connectivity index (χ0n) is 9.46. The largest absolute Gasteiger partial charge is 0.465 e. The second kappa shape index (κ2) is 5.98. The Morgan fingerprint density at radius 3 is 2.57 bits per heavy atom. The van der Waals surface area contributed by atoms with Gasteiger partial charge in [0.1, 0.15) is 6.04 Å². The highest BCUT2D eigenvalue weighted by atomic mass is 16.5. The topological polar surface area (TPSA) is 58.6 Å². The molecule has 0 heterocycles. The van der Waals surface area contributed by atoms with Crippen molar-refractivity contribution < 1.29 is 14.6 Å². The fourth-order valence-corrected chi connectivity index (χ4v) is 0.849. The summed E-state index contributed by atoms with van der Waals surface area (Å²) >= 11 is 0. The van der Waals surface area contributed by atoms with Gasteiger partial charge in [-0.15, -0.1) is 0 Å². The molecule has 0 spiro atoms. The van der Waals surface area contributed by atoms with Crippen molar-refractivity contribution in [2.24, 2.45) is 0 Å². The summed E-state index contributed by atoms with van der Waals surface area (Å²) in [5.41, 5.74) is -0.763. The number of carbonyl (C=O) groups is 1. The molecule has 0 fully saturated rings. The van der Waals surface area contributed by atoms with Crippen molar-refractivity contribution in [3.8, 4) is 0 Å². The summed E-state index contributed by atoms with van der Waals surface area (Å²) in [5.74, 6) is -0.278. The fraction of sp³-hybridized carbons (Fsp3) is 0.900. The molecular weight excluding hydrogens is 182 g/mol. The first-order valence-corrected chi connectivity index (χ1v) is 5.05. The maximum absolute atomic E-state index is 11.2. The zero-order chi connectivity index (χ0) is 11.2. The summed E-state index contributed by atoms with van der Waals surface area (Å²) in [5, 5.41) is 12.6. The van der Waals surface area contributed by atoms with Crippen molar-refractivity contribution in [3.63, 3.8) is 0 Å². The van der Waals surface area contributed by atoms with Crippen LogP contribution in [0, 0.1) is 0 Å². The molecule has 4 heteroatoms. The van der Waals surface area contributed by atoms with Crippen LogP contribution in [0.2, 0.25) is 0 Å². The molecule has 0 aliphatic carbocycles. The number of carbonyl (C=O) groups excluding carboxylic acids is 1. The highest BCUT2D eigenvalue weighted by molar-refractivity contribution is 5.75. The van der Waals surface area contributed by atoms with E-state index in [4.69, 9.17) is 4.74 Å². The van der Waals surface area contributed by atoms with Crippen molar-refractivity contribution in [2.75, 3.05) is 13.2 Å². The van der Waals surface area contributed by atoms with E-state index in [0.717, 1.165) is 0 Å². The van der Waals surface area contributed by atoms with Gasteiger partial charge in [-0.2, -0.15) is 0 Å². The molecule has 0 radical (unpaired) electrons. The normalized spacial score (nSPS) is 17.2. The van der Waals surface area contributed by atoms with Crippen LogP contribution in [-0.4, -0.2) is 35.9 Å². The number of esters is 1. The number of aliphatic hydroxyl groups is 1. The Kier molecular flexibility index (Phi) is 5.72. The second-order valence-corrected chi connectivity index (χ2v) is 3.71. The Balaban J connectivity index is 3.84. The molecule has 0 saturated heterocycles. The maximum Gasteiger partial charge on any atom is 0.322 e. The van der Waals surface area contributed by atoms with Gasteiger partial charge in [-0.3, -0.25) is 4.79 Å². The SMILES string of the molecule is CCOC(=O)C(C)NCC(C)(O)CC. The molecule has 0 saturated carbocycles.